The van der Waals surface area contributed by atoms with E-state index in [1.807, 2.05) is 30.3 Å². The minimum atomic E-state index is 0.517. The zero-order valence-corrected chi connectivity index (χ0v) is 18.0. The predicted molar refractivity (Wildman–Crippen MR) is 115 cm³/mol. The molecule has 0 unspecified atom stereocenters. The number of methoxy groups -OCH3 is 1. The monoisotopic (exact) mass is 448 g/mol. The van der Waals surface area contributed by atoms with Gasteiger partial charge in [-0.2, -0.15) is 0 Å². The van der Waals surface area contributed by atoms with E-state index in [4.69, 9.17) is 14.2 Å². The highest BCUT2D eigenvalue weighted by molar-refractivity contribution is 9.10. The van der Waals surface area contributed by atoms with E-state index in [9.17, 15) is 0 Å². The van der Waals surface area contributed by atoms with Crippen molar-refractivity contribution in [2.75, 3.05) is 46.5 Å². The summed E-state index contributed by atoms with van der Waals surface area (Å²) in [6.45, 7) is 7.23. The first kappa shape index (κ1) is 21.1. The van der Waals surface area contributed by atoms with Gasteiger partial charge in [0, 0.05) is 24.1 Å². The molecule has 0 atom stereocenters. The van der Waals surface area contributed by atoms with Gasteiger partial charge in [-0.15, -0.1) is 0 Å². The summed E-state index contributed by atoms with van der Waals surface area (Å²) in [6.07, 6.45) is 1.13. The van der Waals surface area contributed by atoms with Gasteiger partial charge in [-0.25, -0.2) is 0 Å². The summed E-state index contributed by atoms with van der Waals surface area (Å²) in [7, 11) is 1.68. The van der Waals surface area contributed by atoms with Crippen LogP contribution in [0.3, 0.4) is 0 Å². The summed E-state index contributed by atoms with van der Waals surface area (Å²) >= 11 is 3.67. The Morgan fingerprint density at radius 1 is 1.11 bits per heavy atom. The zero-order valence-electron chi connectivity index (χ0n) is 16.5. The van der Waals surface area contributed by atoms with Crippen molar-refractivity contribution in [3.05, 3.63) is 58.1 Å². The molecule has 0 saturated carbocycles. The van der Waals surface area contributed by atoms with Crippen molar-refractivity contribution >= 4 is 15.9 Å². The standard InChI is InChI=1S/C22H29BrN2O3/c1-26-21-14-19(16-24-8-5-9-25-10-12-27-13-11-25)20(23)15-22(21)28-17-18-6-3-2-4-7-18/h2-4,6-7,14-15,24H,5,8-13,16-17H2,1H3. The molecule has 152 valence electrons. The van der Waals surface area contributed by atoms with Crippen molar-refractivity contribution < 1.29 is 14.2 Å². The number of hydrogen-bond acceptors (Lipinski definition) is 5. The minimum Gasteiger partial charge on any atom is -0.493 e. The predicted octanol–water partition coefficient (Wildman–Crippen LogP) is 3.85. The first-order chi connectivity index (χ1) is 13.8. The third-order valence-corrected chi connectivity index (χ3v) is 5.56. The van der Waals surface area contributed by atoms with Gasteiger partial charge < -0.3 is 19.5 Å². The zero-order chi connectivity index (χ0) is 19.6. The van der Waals surface area contributed by atoms with Crippen molar-refractivity contribution in [3.8, 4) is 11.5 Å². The molecule has 3 rings (SSSR count). The van der Waals surface area contributed by atoms with Gasteiger partial charge in [0.05, 0.1) is 20.3 Å². The molecule has 1 fully saturated rings. The summed E-state index contributed by atoms with van der Waals surface area (Å²) in [5, 5.41) is 3.53. The second-order valence-corrected chi connectivity index (χ2v) is 7.71. The van der Waals surface area contributed by atoms with Crippen LogP contribution >= 0.6 is 15.9 Å². The van der Waals surface area contributed by atoms with Crippen LogP contribution in [0.1, 0.15) is 17.5 Å². The van der Waals surface area contributed by atoms with Crippen LogP contribution in [-0.2, 0) is 17.9 Å². The van der Waals surface area contributed by atoms with Gasteiger partial charge in [0.15, 0.2) is 11.5 Å². The summed E-state index contributed by atoms with van der Waals surface area (Å²) in [6, 6.07) is 14.2. The fourth-order valence-corrected chi connectivity index (χ4v) is 3.66. The number of benzene rings is 2. The fourth-order valence-electron chi connectivity index (χ4n) is 3.20. The Kier molecular flexibility index (Phi) is 8.61. The van der Waals surface area contributed by atoms with Gasteiger partial charge in [0.1, 0.15) is 6.61 Å². The third kappa shape index (κ3) is 6.48. The van der Waals surface area contributed by atoms with Crippen LogP contribution in [0.15, 0.2) is 46.9 Å². The Bertz CT molecular complexity index is 721. The molecular weight excluding hydrogens is 420 g/mol. The van der Waals surface area contributed by atoms with Crippen molar-refractivity contribution in [3.63, 3.8) is 0 Å². The van der Waals surface area contributed by atoms with Gasteiger partial charge in [0.2, 0.25) is 0 Å². The Hall–Kier alpha value is -1.60. The lowest BCUT2D eigenvalue weighted by atomic mass is 10.2. The molecule has 1 N–H and O–H groups in total. The Labute approximate surface area is 176 Å². The maximum absolute atomic E-state index is 5.97. The molecule has 28 heavy (non-hydrogen) atoms. The number of nitrogens with one attached hydrogen (secondary N) is 1. The first-order valence-electron chi connectivity index (χ1n) is 9.80. The van der Waals surface area contributed by atoms with Crippen LogP contribution in [0.2, 0.25) is 0 Å². The molecular formula is C22H29BrN2O3. The van der Waals surface area contributed by atoms with Crippen LogP contribution in [0, 0.1) is 0 Å². The molecule has 0 bridgehead atoms. The smallest absolute Gasteiger partial charge is 0.162 e. The first-order valence-corrected chi connectivity index (χ1v) is 10.6. The van der Waals surface area contributed by atoms with E-state index in [2.05, 4.69) is 38.3 Å². The highest BCUT2D eigenvalue weighted by Gasteiger charge is 2.12. The second kappa shape index (κ2) is 11.4. The molecule has 2 aromatic rings. The maximum atomic E-state index is 5.97. The highest BCUT2D eigenvalue weighted by atomic mass is 79.9. The van der Waals surface area contributed by atoms with Crippen molar-refractivity contribution in [2.45, 2.75) is 19.6 Å². The van der Waals surface area contributed by atoms with Gasteiger partial charge in [0.25, 0.3) is 0 Å². The Morgan fingerprint density at radius 2 is 1.89 bits per heavy atom. The lowest BCUT2D eigenvalue weighted by molar-refractivity contribution is 0.0374. The van der Waals surface area contributed by atoms with Crippen molar-refractivity contribution in [2.24, 2.45) is 0 Å². The summed E-state index contributed by atoms with van der Waals surface area (Å²) in [4.78, 5) is 2.46. The molecule has 1 heterocycles. The molecule has 0 aliphatic carbocycles. The molecule has 0 amide bonds. The molecule has 1 aliphatic rings. The number of ether oxygens (including phenoxy) is 3. The number of morpholine rings is 1. The molecule has 1 aliphatic heterocycles. The molecule has 0 aromatic heterocycles. The molecule has 5 nitrogen and oxygen atoms in total. The molecule has 1 saturated heterocycles. The SMILES string of the molecule is COc1cc(CNCCCN2CCOCC2)c(Br)cc1OCc1ccccc1. The normalized spacial score (nSPS) is 14.8. The van der Waals surface area contributed by atoms with E-state index < -0.39 is 0 Å². The van der Waals surface area contributed by atoms with E-state index >= 15 is 0 Å². The van der Waals surface area contributed by atoms with Crippen LogP contribution in [0.4, 0.5) is 0 Å². The van der Waals surface area contributed by atoms with Crippen LogP contribution in [0.5, 0.6) is 11.5 Å². The van der Waals surface area contributed by atoms with E-state index in [1.54, 1.807) is 7.11 Å². The summed E-state index contributed by atoms with van der Waals surface area (Å²) < 4.78 is 17.9. The average molecular weight is 449 g/mol. The van der Waals surface area contributed by atoms with Crippen molar-refractivity contribution in [1.29, 1.82) is 0 Å². The average Bonchev–Trinajstić information content (AvgIpc) is 2.74. The Balaban J connectivity index is 1.48. The largest absolute Gasteiger partial charge is 0.493 e. The lowest BCUT2D eigenvalue weighted by Crippen LogP contribution is -2.37. The molecule has 0 radical (unpaired) electrons. The summed E-state index contributed by atoms with van der Waals surface area (Å²) in [5.74, 6) is 1.50. The Morgan fingerprint density at radius 3 is 2.64 bits per heavy atom. The van der Waals surface area contributed by atoms with E-state index in [0.717, 1.165) is 79.5 Å². The molecule has 2 aromatic carbocycles. The van der Waals surface area contributed by atoms with Crippen LogP contribution in [-0.4, -0.2) is 51.4 Å². The second-order valence-electron chi connectivity index (χ2n) is 6.85. The number of halogens is 1. The van der Waals surface area contributed by atoms with Gasteiger partial charge in [-0.3, -0.25) is 4.90 Å². The third-order valence-electron chi connectivity index (χ3n) is 4.82. The maximum Gasteiger partial charge on any atom is 0.162 e. The van der Waals surface area contributed by atoms with Crippen LogP contribution < -0.4 is 14.8 Å². The fraction of sp³-hybridized carbons (Fsp3) is 0.455. The van der Waals surface area contributed by atoms with Gasteiger partial charge in [-0.1, -0.05) is 46.3 Å². The van der Waals surface area contributed by atoms with Gasteiger partial charge in [-0.05, 0) is 42.8 Å². The van der Waals surface area contributed by atoms with Crippen LogP contribution in [0.25, 0.3) is 0 Å². The van der Waals surface area contributed by atoms with Crippen molar-refractivity contribution in [1.82, 2.24) is 10.2 Å². The highest BCUT2D eigenvalue weighted by Crippen LogP contribution is 2.34. The quantitative estimate of drug-likeness (QED) is 0.559. The van der Waals surface area contributed by atoms with Gasteiger partial charge >= 0.3 is 0 Å². The topological polar surface area (TPSA) is 43.0 Å². The van der Waals surface area contributed by atoms with E-state index in [0.29, 0.717) is 6.61 Å². The number of nitrogens with zero attached hydrogens (tertiary/aromatic N) is 1. The number of hydrogen-bond donors (Lipinski definition) is 1. The molecule has 6 heteroatoms. The van der Waals surface area contributed by atoms with E-state index in [1.165, 1.54) is 0 Å². The minimum absolute atomic E-state index is 0.517. The number of rotatable bonds is 10. The lowest BCUT2D eigenvalue weighted by Gasteiger charge is -2.26. The molecule has 0 spiro atoms. The summed E-state index contributed by atoms with van der Waals surface area (Å²) in [5.41, 5.74) is 2.29. The van der Waals surface area contributed by atoms with E-state index in [-0.39, 0.29) is 0 Å².